The molecule has 6 nitrogen and oxygen atoms in total. The minimum atomic E-state index is -4.56. The molecule has 0 aromatic carbocycles. The quantitative estimate of drug-likeness (QED) is 0.854. The third kappa shape index (κ3) is 4.71. The third-order valence-corrected chi connectivity index (χ3v) is 3.07. The van der Waals surface area contributed by atoms with E-state index in [1.165, 1.54) is 13.1 Å². The van der Waals surface area contributed by atoms with Crippen LogP contribution in [0.25, 0.3) is 0 Å². The Hall–Kier alpha value is -1.61. The van der Waals surface area contributed by atoms with E-state index in [1.54, 1.807) is 0 Å². The van der Waals surface area contributed by atoms with Crippen molar-refractivity contribution in [3.63, 3.8) is 0 Å². The molecule has 1 aliphatic rings. The SMILES string of the molecule is CNc1cc(NCCN2CCOCC2)nc(C(F)(F)F)n1. The predicted molar refractivity (Wildman–Crippen MR) is 72.3 cm³/mol. The summed E-state index contributed by atoms with van der Waals surface area (Å²) in [5.74, 6) is -0.857. The Morgan fingerprint density at radius 1 is 1.24 bits per heavy atom. The van der Waals surface area contributed by atoms with E-state index < -0.39 is 12.0 Å². The zero-order valence-electron chi connectivity index (χ0n) is 11.7. The van der Waals surface area contributed by atoms with Gasteiger partial charge in [0, 0.05) is 39.3 Å². The van der Waals surface area contributed by atoms with Crippen molar-refractivity contribution in [2.24, 2.45) is 0 Å². The van der Waals surface area contributed by atoms with E-state index in [2.05, 4.69) is 25.5 Å². The average molecular weight is 305 g/mol. The molecule has 1 aliphatic heterocycles. The summed E-state index contributed by atoms with van der Waals surface area (Å²) in [5, 5.41) is 5.51. The van der Waals surface area contributed by atoms with Gasteiger partial charge in [-0.2, -0.15) is 13.2 Å². The first-order valence-corrected chi connectivity index (χ1v) is 6.67. The van der Waals surface area contributed by atoms with Crippen molar-refractivity contribution in [2.45, 2.75) is 6.18 Å². The summed E-state index contributed by atoms with van der Waals surface area (Å²) in [6.07, 6.45) is -4.56. The van der Waals surface area contributed by atoms with Gasteiger partial charge < -0.3 is 15.4 Å². The molecule has 2 N–H and O–H groups in total. The largest absolute Gasteiger partial charge is 0.451 e. The number of aromatic nitrogens is 2. The molecule has 1 aromatic rings. The van der Waals surface area contributed by atoms with Gasteiger partial charge in [-0.1, -0.05) is 0 Å². The monoisotopic (exact) mass is 305 g/mol. The van der Waals surface area contributed by atoms with Crippen LogP contribution in [-0.4, -0.2) is 61.3 Å². The third-order valence-electron chi connectivity index (χ3n) is 3.07. The summed E-state index contributed by atoms with van der Waals surface area (Å²) >= 11 is 0. The molecule has 2 rings (SSSR count). The maximum absolute atomic E-state index is 12.7. The lowest BCUT2D eigenvalue weighted by molar-refractivity contribution is -0.144. The van der Waals surface area contributed by atoms with Gasteiger partial charge in [0.1, 0.15) is 11.6 Å². The second-order valence-electron chi connectivity index (χ2n) is 4.59. The smallest absolute Gasteiger partial charge is 0.379 e. The van der Waals surface area contributed by atoms with Crippen molar-refractivity contribution in [3.8, 4) is 0 Å². The summed E-state index contributed by atoms with van der Waals surface area (Å²) in [6.45, 7) is 4.29. The van der Waals surface area contributed by atoms with Gasteiger partial charge in [-0.05, 0) is 0 Å². The van der Waals surface area contributed by atoms with Crippen LogP contribution in [0.2, 0.25) is 0 Å². The van der Waals surface area contributed by atoms with Gasteiger partial charge in [0.05, 0.1) is 13.2 Å². The van der Waals surface area contributed by atoms with Crippen LogP contribution in [-0.2, 0) is 10.9 Å². The highest BCUT2D eigenvalue weighted by Crippen LogP contribution is 2.28. The topological polar surface area (TPSA) is 62.3 Å². The van der Waals surface area contributed by atoms with Crippen molar-refractivity contribution < 1.29 is 17.9 Å². The van der Waals surface area contributed by atoms with E-state index in [4.69, 9.17) is 4.74 Å². The van der Waals surface area contributed by atoms with Crippen LogP contribution in [0.5, 0.6) is 0 Å². The number of nitrogens with zero attached hydrogens (tertiary/aromatic N) is 3. The first-order chi connectivity index (χ1) is 9.99. The zero-order valence-corrected chi connectivity index (χ0v) is 11.7. The first-order valence-electron chi connectivity index (χ1n) is 6.67. The Balaban J connectivity index is 1.95. The molecule has 0 unspecified atom stereocenters. The van der Waals surface area contributed by atoms with Crippen LogP contribution in [0.3, 0.4) is 0 Å². The van der Waals surface area contributed by atoms with Crippen molar-refractivity contribution >= 4 is 11.6 Å². The van der Waals surface area contributed by atoms with Crippen LogP contribution in [0, 0.1) is 0 Å². The average Bonchev–Trinajstić information content (AvgIpc) is 2.47. The first kappa shape index (κ1) is 15.8. The van der Waals surface area contributed by atoms with Crippen molar-refractivity contribution in [1.82, 2.24) is 14.9 Å². The summed E-state index contributed by atoms with van der Waals surface area (Å²) < 4.78 is 43.3. The molecular weight excluding hydrogens is 287 g/mol. The van der Waals surface area contributed by atoms with Gasteiger partial charge in [-0.15, -0.1) is 0 Å². The molecule has 0 amide bonds. The zero-order chi connectivity index (χ0) is 15.3. The van der Waals surface area contributed by atoms with Gasteiger partial charge >= 0.3 is 6.18 Å². The normalized spacial score (nSPS) is 16.8. The second kappa shape index (κ2) is 6.90. The van der Waals surface area contributed by atoms with Crippen molar-refractivity contribution in [2.75, 3.05) is 57.1 Å². The number of halogens is 3. The van der Waals surface area contributed by atoms with Crippen LogP contribution in [0.15, 0.2) is 6.07 Å². The maximum atomic E-state index is 12.7. The Morgan fingerprint density at radius 3 is 2.52 bits per heavy atom. The van der Waals surface area contributed by atoms with Gasteiger partial charge in [0.2, 0.25) is 5.82 Å². The summed E-state index contributed by atoms with van der Waals surface area (Å²) in [5.41, 5.74) is 0. The van der Waals surface area contributed by atoms with E-state index in [9.17, 15) is 13.2 Å². The fraction of sp³-hybridized carbons (Fsp3) is 0.667. The molecule has 0 saturated carbocycles. The van der Waals surface area contributed by atoms with E-state index in [0.29, 0.717) is 19.8 Å². The van der Waals surface area contributed by atoms with Crippen LogP contribution in [0.4, 0.5) is 24.8 Å². The molecule has 1 aromatic heterocycles. The molecule has 0 spiro atoms. The number of alkyl halides is 3. The molecule has 0 radical (unpaired) electrons. The second-order valence-corrected chi connectivity index (χ2v) is 4.59. The minimum Gasteiger partial charge on any atom is -0.379 e. The number of ether oxygens (including phenoxy) is 1. The highest BCUT2D eigenvalue weighted by atomic mass is 19.4. The number of hydrogen-bond donors (Lipinski definition) is 2. The molecule has 21 heavy (non-hydrogen) atoms. The van der Waals surface area contributed by atoms with Crippen LogP contribution >= 0.6 is 0 Å². The molecular formula is C12H18F3N5O. The van der Waals surface area contributed by atoms with Gasteiger partial charge in [-0.25, -0.2) is 9.97 Å². The lowest BCUT2D eigenvalue weighted by Crippen LogP contribution is -2.39. The molecule has 1 fully saturated rings. The molecule has 1 saturated heterocycles. The fourth-order valence-corrected chi connectivity index (χ4v) is 1.96. The van der Waals surface area contributed by atoms with E-state index in [1.807, 2.05) is 0 Å². The van der Waals surface area contributed by atoms with E-state index in [0.717, 1.165) is 19.6 Å². The summed E-state index contributed by atoms with van der Waals surface area (Å²) in [4.78, 5) is 9.09. The molecule has 2 heterocycles. The van der Waals surface area contributed by atoms with Crippen LogP contribution < -0.4 is 10.6 Å². The summed E-state index contributed by atoms with van der Waals surface area (Å²) in [6, 6.07) is 1.45. The van der Waals surface area contributed by atoms with E-state index in [-0.39, 0.29) is 11.6 Å². The Labute approximate surface area is 120 Å². The highest BCUT2D eigenvalue weighted by Gasteiger charge is 2.35. The lowest BCUT2D eigenvalue weighted by Gasteiger charge is -2.26. The fourth-order valence-electron chi connectivity index (χ4n) is 1.96. The molecule has 0 bridgehead atoms. The summed E-state index contributed by atoms with van der Waals surface area (Å²) in [7, 11) is 1.51. The highest BCUT2D eigenvalue weighted by molar-refractivity contribution is 5.47. The van der Waals surface area contributed by atoms with Gasteiger partial charge in [0.15, 0.2) is 0 Å². The van der Waals surface area contributed by atoms with Crippen molar-refractivity contribution in [3.05, 3.63) is 11.9 Å². The number of morpholine rings is 1. The van der Waals surface area contributed by atoms with Crippen LogP contribution in [0.1, 0.15) is 5.82 Å². The van der Waals surface area contributed by atoms with Gasteiger partial charge in [0.25, 0.3) is 0 Å². The number of nitrogens with one attached hydrogen (secondary N) is 2. The van der Waals surface area contributed by atoms with E-state index >= 15 is 0 Å². The standard InChI is InChI=1S/C12H18F3N5O/c1-16-9-8-10(19-11(18-9)12(13,14)15)17-2-3-20-4-6-21-7-5-20/h8H,2-7H2,1H3,(H2,16,17,18,19). The predicted octanol–water partition coefficient (Wildman–Crippen LogP) is 1.28. The number of hydrogen-bond acceptors (Lipinski definition) is 6. The Morgan fingerprint density at radius 2 is 1.90 bits per heavy atom. The molecule has 0 atom stereocenters. The van der Waals surface area contributed by atoms with Gasteiger partial charge in [-0.3, -0.25) is 4.90 Å². The lowest BCUT2D eigenvalue weighted by atomic mass is 10.4. The minimum absolute atomic E-state index is 0.131. The maximum Gasteiger partial charge on any atom is 0.451 e. The molecule has 9 heteroatoms. The van der Waals surface area contributed by atoms with Crippen molar-refractivity contribution in [1.29, 1.82) is 0 Å². The number of rotatable bonds is 5. The molecule has 118 valence electrons. The molecule has 0 aliphatic carbocycles. The Kier molecular flexibility index (Phi) is 5.18. The Bertz CT molecular complexity index is 463. The number of anilines is 2.